The van der Waals surface area contributed by atoms with Crippen LogP contribution in [0.15, 0.2) is 28.8 Å². The zero-order valence-electron chi connectivity index (χ0n) is 14.0. The molecule has 1 aromatic heterocycles. The van der Waals surface area contributed by atoms with E-state index in [-0.39, 0.29) is 31.4 Å². The molecule has 0 aliphatic rings. The number of aryl methyl sites for hydroxylation is 1. The van der Waals surface area contributed by atoms with Crippen molar-refractivity contribution >= 4 is 24.0 Å². The Morgan fingerprint density at radius 1 is 1.38 bits per heavy atom. The second kappa shape index (κ2) is 10.0. The highest BCUT2D eigenvalue weighted by Gasteiger charge is 2.14. The first-order valence-corrected chi connectivity index (χ1v) is 7.71. The van der Waals surface area contributed by atoms with Gasteiger partial charge in [-0.15, -0.1) is 12.4 Å². The van der Waals surface area contributed by atoms with Gasteiger partial charge in [0.1, 0.15) is 0 Å². The van der Waals surface area contributed by atoms with Crippen molar-refractivity contribution in [3.8, 4) is 0 Å². The summed E-state index contributed by atoms with van der Waals surface area (Å²) in [5.41, 5.74) is 7.33. The summed E-state index contributed by atoms with van der Waals surface area (Å²) in [5, 5.41) is 6.81. The predicted octanol–water partition coefficient (Wildman–Crippen LogP) is 2.11. The van der Waals surface area contributed by atoms with Crippen LogP contribution in [0.4, 0.5) is 5.69 Å². The second-order valence-corrected chi connectivity index (χ2v) is 5.38. The monoisotopic (exact) mass is 353 g/mol. The van der Waals surface area contributed by atoms with E-state index in [1.807, 2.05) is 36.1 Å². The van der Waals surface area contributed by atoms with Gasteiger partial charge in [-0.2, -0.15) is 4.98 Å². The molecule has 0 unspecified atom stereocenters. The quantitative estimate of drug-likeness (QED) is 0.754. The highest BCUT2D eigenvalue weighted by atomic mass is 35.5. The van der Waals surface area contributed by atoms with E-state index in [0.717, 1.165) is 24.2 Å². The highest BCUT2D eigenvalue weighted by molar-refractivity contribution is 5.92. The summed E-state index contributed by atoms with van der Waals surface area (Å²) < 4.78 is 5.00. The van der Waals surface area contributed by atoms with Crippen LogP contribution in [-0.4, -0.2) is 34.0 Å². The Kier molecular flexibility index (Phi) is 8.39. The lowest BCUT2D eigenvalue weighted by atomic mass is 10.2. The lowest BCUT2D eigenvalue weighted by Crippen LogP contribution is -2.34. The number of anilines is 1. The summed E-state index contributed by atoms with van der Waals surface area (Å²) >= 11 is 0. The number of nitrogens with two attached hydrogens (primary N) is 1. The average molecular weight is 354 g/mol. The summed E-state index contributed by atoms with van der Waals surface area (Å²) in [6, 6.07) is 7.71. The average Bonchev–Trinajstić information content (AvgIpc) is 2.97. The second-order valence-electron chi connectivity index (χ2n) is 5.38. The van der Waals surface area contributed by atoms with Crippen LogP contribution in [-0.2, 0) is 17.9 Å². The zero-order valence-corrected chi connectivity index (χ0v) is 14.8. The molecule has 24 heavy (non-hydrogen) atoms. The Hall–Kier alpha value is -1.96. The molecule has 0 aliphatic heterocycles. The molecule has 0 saturated carbocycles. The molecule has 1 amide bonds. The molecule has 0 spiro atoms. The molecule has 0 radical (unpaired) electrons. The Morgan fingerprint density at radius 2 is 2.12 bits per heavy atom. The molecule has 1 aromatic carbocycles. The van der Waals surface area contributed by atoms with E-state index in [0.29, 0.717) is 18.3 Å². The normalized spacial score (nSPS) is 10.5. The molecule has 7 nitrogen and oxygen atoms in total. The number of amides is 1. The number of hydrogen-bond donors (Lipinski definition) is 2. The van der Waals surface area contributed by atoms with E-state index in [1.54, 1.807) is 0 Å². The Labute approximate surface area is 148 Å². The number of para-hydroxylation sites is 1. The van der Waals surface area contributed by atoms with Gasteiger partial charge in [-0.05, 0) is 31.5 Å². The van der Waals surface area contributed by atoms with Gasteiger partial charge in [-0.25, -0.2) is 0 Å². The molecule has 8 heteroatoms. The van der Waals surface area contributed by atoms with Crippen LogP contribution >= 0.6 is 12.4 Å². The number of rotatable bonds is 8. The first-order chi connectivity index (χ1) is 11.1. The van der Waals surface area contributed by atoms with Crippen LogP contribution in [0.1, 0.15) is 30.6 Å². The number of nitrogens with one attached hydrogen (secondary N) is 1. The van der Waals surface area contributed by atoms with E-state index in [4.69, 9.17) is 10.3 Å². The standard InChI is InChI=1S/C16H23N5O2.ClH/c1-3-8-21(10-14-19-16(9-17)23-20-14)11-15(22)18-13-7-5-4-6-12(13)2;/h4-7H,3,8-11,17H2,1-2H3,(H,18,22);1H. The van der Waals surface area contributed by atoms with Gasteiger partial charge in [0.15, 0.2) is 5.82 Å². The van der Waals surface area contributed by atoms with Gasteiger partial charge in [0, 0.05) is 5.69 Å². The molecule has 0 saturated heterocycles. The Bertz CT molecular complexity index is 647. The van der Waals surface area contributed by atoms with Gasteiger partial charge in [0.25, 0.3) is 0 Å². The minimum atomic E-state index is -0.0599. The van der Waals surface area contributed by atoms with Crippen molar-refractivity contribution in [3.05, 3.63) is 41.5 Å². The smallest absolute Gasteiger partial charge is 0.240 e. The first-order valence-electron chi connectivity index (χ1n) is 7.71. The number of halogens is 1. The molecule has 132 valence electrons. The maximum atomic E-state index is 12.3. The number of aromatic nitrogens is 2. The summed E-state index contributed by atoms with van der Waals surface area (Å²) in [7, 11) is 0. The van der Waals surface area contributed by atoms with Crippen molar-refractivity contribution in [2.75, 3.05) is 18.4 Å². The largest absolute Gasteiger partial charge is 0.338 e. The third kappa shape index (κ3) is 5.92. The van der Waals surface area contributed by atoms with Crippen molar-refractivity contribution < 1.29 is 9.32 Å². The lowest BCUT2D eigenvalue weighted by Gasteiger charge is -2.19. The molecule has 1 heterocycles. The minimum absolute atomic E-state index is 0. The van der Waals surface area contributed by atoms with Crippen LogP contribution in [0.3, 0.4) is 0 Å². The fraction of sp³-hybridized carbons (Fsp3) is 0.438. The predicted molar refractivity (Wildman–Crippen MR) is 94.8 cm³/mol. The molecule has 0 atom stereocenters. The van der Waals surface area contributed by atoms with Gasteiger partial charge >= 0.3 is 0 Å². The number of carbonyl (C=O) groups is 1. The van der Waals surface area contributed by atoms with Gasteiger partial charge < -0.3 is 15.6 Å². The first kappa shape index (κ1) is 20.1. The summed E-state index contributed by atoms with van der Waals surface area (Å²) in [4.78, 5) is 18.4. The topological polar surface area (TPSA) is 97.3 Å². The molecule has 2 rings (SSSR count). The third-order valence-corrected chi connectivity index (χ3v) is 3.38. The molecule has 0 bridgehead atoms. The minimum Gasteiger partial charge on any atom is -0.338 e. The Balaban J connectivity index is 0.00000288. The van der Waals surface area contributed by atoms with Crippen molar-refractivity contribution in [3.63, 3.8) is 0 Å². The molecule has 3 N–H and O–H groups in total. The van der Waals surface area contributed by atoms with Gasteiger partial charge in [0.2, 0.25) is 11.8 Å². The zero-order chi connectivity index (χ0) is 16.7. The molecular formula is C16H24ClN5O2. The summed E-state index contributed by atoms with van der Waals surface area (Å²) in [5.74, 6) is 0.888. The van der Waals surface area contributed by atoms with E-state index in [1.165, 1.54) is 0 Å². The van der Waals surface area contributed by atoms with Crippen LogP contribution < -0.4 is 11.1 Å². The van der Waals surface area contributed by atoms with Crippen LogP contribution in [0.5, 0.6) is 0 Å². The van der Waals surface area contributed by atoms with Crippen molar-refractivity contribution in [1.82, 2.24) is 15.0 Å². The van der Waals surface area contributed by atoms with Crippen LogP contribution in [0, 0.1) is 6.92 Å². The highest BCUT2D eigenvalue weighted by Crippen LogP contribution is 2.13. The SMILES string of the molecule is CCCN(CC(=O)Nc1ccccc1C)Cc1noc(CN)n1.Cl. The fourth-order valence-electron chi connectivity index (χ4n) is 2.27. The van der Waals surface area contributed by atoms with E-state index >= 15 is 0 Å². The molecule has 2 aromatic rings. The lowest BCUT2D eigenvalue weighted by molar-refractivity contribution is -0.117. The number of hydrogen-bond acceptors (Lipinski definition) is 6. The van der Waals surface area contributed by atoms with Crippen molar-refractivity contribution in [2.45, 2.75) is 33.4 Å². The van der Waals surface area contributed by atoms with E-state index in [2.05, 4.69) is 22.4 Å². The Morgan fingerprint density at radius 3 is 2.75 bits per heavy atom. The van der Waals surface area contributed by atoms with Crippen molar-refractivity contribution in [1.29, 1.82) is 0 Å². The molecule has 0 fully saturated rings. The maximum absolute atomic E-state index is 12.3. The van der Waals surface area contributed by atoms with Crippen molar-refractivity contribution in [2.24, 2.45) is 5.73 Å². The molecular weight excluding hydrogens is 330 g/mol. The summed E-state index contributed by atoms with van der Waals surface area (Å²) in [6.45, 7) is 5.75. The molecule has 0 aliphatic carbocycles. The third-order valence-electron chi connectivity index (χ3n) is 3.38. The van der Waals surface area contributed by atoms with Gasteiger partial charge in [0.05, 0.1) is 19.6 Å². The summed E-state index contributed by atoms with van der Waals surface area (Å²) in [6.07, 6.45) is 0.930. The fourth-order valence-corrected chi connectivity index (χ4v) is 2.27. The number of nitrogens with zero attached hydrogens (tertiary/aromatic N) is 3. The van der Waals surface area contributed by atoms with Crippen LogP contribution in [0.25, 0.3) is 0 Å². The maximum Gasteiger partial charge on any atom is 0.240 e. The number of benzene rings is 1. The van der Waals surface area contributed by atoms with Gasteiger partial charge in [-0.3, -0.25) is 9.69 Å². The van der Waals surface area contributed by atoms with E-state index in [9.17, 15) is 4.79 Å². The van der Waals surface area contributed by atoms with Gasteiger partial charge in [-0.1, -0.05) is 30.3 Å². The van der Waals surface area contributed by atoms with E-state index < -0.39 is 0 Å². The van der Waals surface area contributed by atoms with Crippen LogP contribution in [0.2, 0.25) is 0 Å². The number of carbonyl (C=O) groups excluding carboxylic acids is 1.